The maximum absolute atomic E-state index is 13.9. The van der Waals surface area contributed by atoms with Gasteiger partial charge in [-0.05, 0) is 43.2 Å². The van der Waals surface area contributed by atoms with Crippen molar-refractivity contribution >= 4 is 5.82 Å². The molecule has 0 unspecified atom stereocenters. The summed E-state index contributed by atoms with van der Waals surface area (Å²) in [4.78, 5) is 6.16. The first-order chi connectivity index (χ1) is 11.7. The molecule has 1 aromatic carbocycles. The summed E-state index contributed by atoms with van der Waals surface area (Å²) >= 11 is 0. The molecular formula is C18H20FN3O2. The Hall–Kier alpha value is -2.34. The lowest BCUT2D eigenvalue weighted by molar-refractivity contribution is 0.174. The number of hydrogen-bond acceptors (Lipinski definition) is 5. The van der Waals surface area contributed by atoms with Gasteiger partial charge in [0.15, 0.2) is 23.1 Å². The van der Waals surface area contributed by atoms with Crippen molar-refractivity contribution in [3.63, 3.8) is 0 Å². The Labute approximate surface area is 140 Å². The van der Waals surface area contributed by atoms with Gasteiger partial charge in [0.25, 0.3) is 0 Å². The van der Waals surface area contributed by atoms with Crippen molar-refractivity contribution in [2.75, 3.05) is 24.8 Å². The maximum atomic E-state index is 13.9. The van der Waals surface area contributed by atoms with Crippen molar-refractivity contribution in [2.45, 2.75) is 25.4 Å². The van der Waals surface area contributed by atoms with Crippen LogP contribution in [0.3, 0.4) is 0 Å². The van der Waals surface area contributed by atoms with Gasteiger partial charge in [-0.1, -0.05) is 6.07 Å². The first-order valence-corrected chi connectivity index (χ1v) is 8.22. The lowest BCUT2D eigenvalue weighted by Crippen LogP contribution is -2.34. The first kappa shape index (κ1) is 15.2. The third kappa shape index (κ3) is 2.89. The third-order valence-corrected chi connectivity index (χ3v) is 4.61. The standard InChI is InChI=1S/C18H20FN3O2/c1-12(13-4-5-16-17(9-13)24-11-23-16)21-14-6-8-22(10-14)18-15(19)3-2-7-20-18/h2-5,7,9,12,14,21H,6,8,10-11H2,1H3/t12-,14-/m0/s1. The Bertz CT molecular complexity index is 740. The Morgan fingerprint density at radius 1 is 1.29 bits per heavy atom. The summed E-state index contributed by atoms with van der Waals surface area (Å²) in [7, 11) is 0. The minimum Gasteiger partial charge on any atom is -0.454 e. The summed E-state index contributed by atoms with van der Waals surface area (Å²) in [5, 5.41) is 3.62. The summed E-state index contributed by atoms with van der Waals surface area (Å²) in [5.74, 6) is 1.77. The van der Waals surface area contributed by atoms with Crippen molar-refractivity contribution in [1.29, 1.82) is 0 Å². The van der Waals surface area contributed by atoms with Gasteiger partial charge in [-0.15, -0.1) is 0 Å². The second-order valence-electron chi connectivity index (χ2n) is 6.24. The molecule has 24 heavy (non-hydrogen) atoms. The fourth-order valence-electron chi connectivity index (χ4n) is 3.33. The largest absolute Gasteiger partial charge is 0.454 e. The monoisotopic (exact) mass is 329 g/mol. The van der Waals surface area contributed by atoms with E-state index in [-0.39, 0.29) is 18.7 Å². The first-order valence-electron chi connectivity index (χ1n) is 8.22. The fraction of sp³-hybridized carbons (Fsp3) is 0.389. The smallest absolute Gasteiger partial charge is 0.231 e. The minimum absolute atomic E-state index is 0.179. The summed E-state index contributed by atoms with van der Waals surface area (Å²) in [6, 6.07) is 9.57. The predicted molar refractivity (Wildman–Crippen MR) is 88.9 cm³/mol. The number of rotatable bonds is 4. The van der Waals surface area contributed by atoms with Gasteiger partial charge in [-0.2, -0.15) is 0 Å². The number of halogens is 1. The van der Waals surface area contributed by atoms with Crippen LogP contribution in [0.15, 0.2) is 36.5 Å². The van der Waals surface area contributed by atoms with Crippen LogP contribution in [-0.2, 0) is 0 Å². The van der Waals surface area contributed by atoms with Gasteiger partial charge in [-0.3, -0.25) is 0 Å². The molecule has 0 aliphatic carbocycles. The lowest BCUT2D eigenvalue weighted by atomic mass is 10.1. The SMILES string of the molecule is C[C@H](N[C@H]1CCN(c2ncccc2F)C1)c1ccc2c(c1)OCO2. The van der Waals surface area contributed by atoms with Gasteiger partial charge in [0.2, 0.25) is 6.79 Å². The van der Waals surface area contributed by atoms with E-state index in [4.69, 9.17) is 9.47 Å². The number of aromatic nitrogens is 1. The number of benzene rings is 1. The van der Waals surface area contributed by atoms with Crippen LogP contribution in [0.2, 0.25) is 0 Å². The lowest BCUT2D eigenvalue weighted by Gasteiger charge is -2.21. The van der Waals surface area contributed by atoms with Crippen LogP contribution in [0, 0.1) is 5.82 Å². The molecule has 0 bridgehead atoms. The molecule has 0 radical (unpaired) electrons. The van der Waals surface area contributed by atoms with Crippen molar-refractivity contribution < 1.29 is 13.9 Å². The van der Waals surface area contributed by atoms with Crippen LogP contribution in [0.4, 0.5) is 10.2 Å². The molecule has 1 fully saturated rings. The molecule has 6 heteroatoms. The van der Waals surface area contributed by atoms with E-state index in [1.54, 1.807) is 12.3 Å². The molecule has 4 rings (SSSR count). The number of anilines is 1. The molecule has 3 heterocycles. The minimum atomic E-state index is -0.262. The molecule has 2 atom stereocenters. The van der Waals surface area contributed by atoms with E-state index in [1.807, 2.05) is 17.0 Å². The second kappa shape index (κ2) is 6.28. The van der Waals surface area contributed by atoms with Crippen LogP contribution < -0.4 is 19.7 Å². The highest BCUT2D eigenvalue weighted by molar-refractivity contribution is 5.45. The van der Waals surface area contributed by atoms with Gasteiger partial charge in [0.05, 0.1) is 0 Å². The highest BCUT2D eigenvalue weighted by Crippen LogP contribution is 2.34. The number of fused-ring (bicyclic) bond motifs is 1. The average Bonchev–Trinajstić information content (AvgIpc) is 3.23. The summed E-state index contributed by atoms with van der Waals surface area (Å²) in [6.45, 7) is 3.97. The molecule has 2 aliphatic heterocycles. The second-order valence-corrected chi connectivity index (χ2v) is 6.24. The normalized spacial score (nSPS) is 20.4. The van der Waals surface area contributed by atoms with Crippen molar-refractivity contribution in [1.82, 2.24) is 10.3 Å². The Morgan fingerprint density at radius 2 is 2.17 bits per heavy atom. The van der Waals surface area contributed by atoms with Crippen LogP contribution in [0.25, 0.3) is 0 Å². The molecule has 1 N–H and O–H groups in total. The van der Waals surface area contributed by atoms with Gasteiger partial charge in [0.1, 0.15) is 0 Å². The third-order valence-electron chi connectivity index (χ3n) is 4.61. The van der Waals surface area contributed by atoms with E-state index in [1.165, 1.54) is 6.07 Å². The molecular weight excluding hydrogens is 309 g/mol. The highest BCUT2D eigenvalue weighted by atomic mass is 19.1. The van der Waals surface area contributed by atoms with Crippen LogP contribution in [-0.4, -0.2) is 30.9 Å². The van der Waals surface area contributed by atoms with Crippen molar-refractivity contribution in [3.05, 3.63) is 47.9 Å². The van der Waals surface area contributed by atoms with Gasteiger partial charge in [-0.25, -0.2) is 9.37 Å². The van der Waals surface area contributed by atoms with Gasteiger partial charge < -0.3 is 19.7 Å². The number of nitrogens with zero attached hydrogens (tertiary/aromatic N) is 2. The zero-order chi connectivity index (χ0) is 16.5. The zero-order valence-corrected chi connectivity index (χ0v) is 13.5. The number of ether oxygens (including phenoxy) is 2. The summed E-state index contributed by atoms with van der Waals surface area (Å²) < 4.78 is 24.7. The Morgan fingerprint density at radius 3 is 3.04 bits per heavy atom. The Kier molecular flexibility index (Phi) is 3.98. The van der Waals surface area contributed by atoms with E-state index in [2.05, 4.69) is 23.3 Å². The number of nitrogens with one attached hydrogen (secondary N) is 1. The number of hydrogen-bond donors (Lipinski definition) is 1. The summed E-state index contributed by atoms with van der Waals surface area (Å²) in [5.41, 5.74) is 1.15. The van der Waals surface area contributed by atoms with Crippen molar-refractivity contribution in [3.8, 4) is 11.5 Å². The average molecular weight is 329 g/mol. The van der Waals surface area contributed by atoms with Crippen LogP contribution in [0.1, 0.15) is 24.9 Å². The molecule has 2 aliphatic rings. The molecule has 5 nitrogen and oxygen atoms in total. The van der Waals surface area contributed by atoms with E-state index in [0.717, 1.165) is 36.6 Å². The van der Waals surface area contributed by atoms with E-state index in [9.17, 15) is 4.39 Å². The maximum Gasteiger partial charge on any atom is 0.231 e. The Balaban J connectivity index is 1.40. The predicted octanol–water partition coefficient (Wildman–Crippen LogP) is 2.88. The van der Waals surface area contributed by atoms with E-state index < -0.39 is 0 Å². The van der Waals surface area contributed by atoms with Gasteiger partial charge >= 0.3 is 0 Å². The van der Waals surface area contributed by atoms with Crippen LogP contribution in [0.5, 0.6) is 11.5 Å². The molecule has 0 saturated carbocycles. The topological polar surface area (TPSA) is 46.6 Å². The van der Waals surface area contributed by atoms with E-state index >= 15 is 0 Å². The quantitative estimate of drug-likeness (QED) is 0.934. The molecule has 0 spiro atoms. The summed E-state index contributed by atoms with van der Waals surface area (Å²) in [6.07, 6.45) is 2.60. The van der Waals surface area contributed by atoms with E-state index in [0.29, 0.717) is 11.9 Å². The fourth-order valence-corrected chi connectivity index (χ4v) is 3.33. The molecule has 2 aromatic rings. The highest BCUT2D eigenvalue weighted by Gasteiger charge is 2.26. The van der Waals surface area contributed by atoms with Crippen molar-refractivity contribution in [2.24, 2.45) is 0 Å². The van der Waals surface area contributed by atoms with Gasteiger partial charge in [0, 0.05) is 31.4 Å². The molecule has 126 valence electrons. The molecule has 0 amide bonds. The molecule has 1 aromatic heterocycles. The zero-order valence-electron chi connectivity index (χ0n) is 13.5. The molecule has 1 saturated heterocycles. The number of pyridine rings is 1. The van der Waals surface area contributed by atoms with Crippen LogP contribution >= 0.6 is 0 Å².